The van der Waals surface area contributed by atoms with Crippen molar-refractivity contribution in [1.82, 2.24) is 10.2 Å². The van der Waals surface area contributed by atoms with Crippen molar-refractivity contribution in [3.8, 4) is 17.2 Å². The summed E-state index contributed by atoms with van der Waals surface area (Å²) in [7, 11) is 4.55. The predicted octanol–water partition coefficient (Wildman–Crippen LogP) is 2.74. The average Bonchev–Trinajstić information content (AvgIpc) is 2.58. The number of nitrogens with zero attached hydrogens (tertiary/aromatic N) is 1. The minimum Gasteiger partial charge on any atom is -0.493 e. The fourth-order valence-corrected chi connectivity index (χ4v) is 3.02. The van der Waals surface area contributed by atoms with Gasteiger partial charge in [-0.3, -0.25) is 4.90 Å². The van der Waals surface area contributed by atoms with Gasteiger partial charge in [-0.15, -0.1) is 12.4 Å². The first kappa shape index (κ1) is 20.7. The van der Waals surface area contributed by atoms with E-state index in [4.69, 9.17) is 14.2 Å². The van der Waals surface area contributed by atoms with Crippen molar-refractivity contribution in [2.75, 3.05) is 47.5 Å². The minimum absolute atomic E-state index is 0. The Morgan fingerprint density at radius 1 is 1.04 bits per heavy atom. The summed E-state index contributed by atoms with van der Waals surface area (Å²) in [6, 6.07) is 3.10. The van der Waals surface area contributed by atoms with Crippen molar-refractivity contribution < 1.29 is 23.0 Å². The highest BCUT2D eigenvalue weighted by molar-refractivity contribution is 5.85. The van der Waals surface area contributed by atoms with E-state index in [9.17, 15) is 8.78 Å². The van der Waals surface area contributed by atoms with Crippen LogP contribution < -0.4 is 19.5 Å². The Hall–Kier alpha value is -1.31. The molecule has 0 bridgehead atoms. The lowest BCUT2D eigenvalue weighted by atomic mass is 9.99. The summed E-state index contributed by atoms with van der Waals surface area (Å²) in [6.07, 6.45) is -2.64. The number of alkyl halides is 2. The predicted molar refractivity (Wildman–Crippen MR) is 91.2 cm³/mol. The maximum absolute atomic E-state index is 13.2. The van der Waals surface area contributed by atoms with Gasteiger partial charge in [0.2, 0.25) is 12.2 Å². The minimum atomic E-state index is -2.40. The second kappa shape index (κ2) is 9.86. The van der Waals surface area contributed by atoms with E-state index in [1.807, 2.05) is 0 Å². The number of benzene rings is 1. The zero-order chi connectivity index (χ0) is 16.8. The van der Waals surface area contributed by atoms with Gasteiger partial charge >= 0.3 is 0 Å². The number of methoxy groups -OCH3 is 3. The largest absolute Gasteiger partial charge is 0.493 e. The van der Waals surface area contributed by atoms with Gasteiger partial charge in [0.05, 0.1) is 21.3 Å². The van der Waals surface area contributed by atoms with Crippen molar-refractivity contribution in [3.63, 3.8) is 0 Å². The van der Waals surface area contributed by atoms with Crippen LogP contribution in [0.3, 0.4) is 0 Å². The molecule has 1 heterocycles. The SMILES string of the molecule is COc1ccc([C@H](CC(F)F)N2CCNCC2)c(OC)c1OC.Cl. The maximum Gasteiger partial charge on any atom is 0.240 e. The molecule has 0 amide bonds. The van der Waals surface area contributed by atoms with E-state index in [1.165, 1.54) is 21.3 Å². The van der Waals surface area contributed by atoms with E-state index >= 15 is 0 Å². The average molecular weight is 367 g/mol. The van der Waals surface area contributed by atoms with Crippen LogP contribution in [0.25, 0.3) is 0 Å². The lowest BCUT2D eigenvalue weighted by molar-refractivity contribution is 0.0727. The molecule has 1 fully saturated rings. The molecule has 0 radical (unpaired) electrons. The third kappa shape index (κ3) is 4.62. The van der Waals surface area contributed by atoms with Crippen LogP contribution in [0.4, 0.5) is 8.78 Å². The van der Waals surface area contributed by atoms with Gasteiger partial charge in [0.25, 0.3) is 0 Å². The van der Waals surface area contributed by atoms with Crippen molar-refractivity contribution in [2.45, 2.75) is 18.9 Å². The van der Waals surface area contributed by atoms with Gasteiger partial charge in [0, 0.05) is 44.2 Å². The van der Waals surface area contributed by atoms with Crippen LogP contribution in [0, 0.1) is 0 Å². The Morgan fingerprint density at radius 3 is 2.17 bits per heavy atom. The van der Waals surface area contributed by atoms with Crippen LogP contribution in [-0.2, 0) is 0 Å². The lowest BCUT2D eigenvalue weighted by Crippen LogP contribution is -2.45. The molecule has 0 spiro atoms. The lowest BCUT2D eigenvalue weighted by Gasteiger charge is -2.36. The molecule has 1 aliphatic rings. The molecule has 24 heavy (non-hydrogen) atoms. The Bertz CT molecular complexity index is 514. The third-order valence-electron chi connectivity index (χ3n) is 4.09. The molecule has 1 saturated heterocycles. The number of rotatable bonds is 7. The Morgan fingerprint density at radius 2 is 1.67 bits per heavy atom. The highest BCUT2D eigenvalue weighted by Crippen LogP contribution is 2.44. The van der Waals surface area contributed by atoms with E-state index in [-0.39, 0.29) is 18.8 Å². The van der Waals surface area contributed by atoms with Gasteiger partial charge in [-0.2, -0.15) is 0 Å². The van der Waals surface area contributed by atoms with Crippen LogP contribution in [-0.4, -0.2) is 58.8 Å². The molecule has 2 rings (SSSR count). The van der Waals surface area contributed by atoms with Crippen molar-refractivity contribution in [3.05, 3.63) is 17.7 Å². The van der Waals surface area contributed by atoms with Crippen molar-refractivity contribution >= 4 is 12.4 Å². The van der Waals surface area contributed by atoms with Crippen molar-refractivity contribution in [2.24, 2.45) is 0 Å². The number of halogens is 3. The molecule has 1 aromatic carbocycles. The molecular formula is C16H25ClF2N2O3. The number of hydrogen-bond donors (Lipinski definition) is 1. The van der Waals surface area contributed by atoms with Crippen LogP contribution in [0.2, 0.25) is 0 Å². The summed E-state index contributed by atoms with van der Waals surface area (Å²) in [6.45, 7) is 3.01. The molecular weight excluding hydrogens is 342 g/mol. The second-order valence-electron chi connectivity index (χ2n) is 5.35. The van der Waals surface area contributed by atoms with Crippen LogP contribution in [0.1, 0.15) is 18.0 Å². The topological polar surface area (TPSA) is 43.0 Å². The molecule has 8 heteroatoms. The highest BCUT2D eigenvalue weighted by Gasteiger charge is 2.30. The van der Waals surface area contributed by atoms with E-state index in [0.717, 1.165) is 26.2 Å². The summed E-state index contributed by atoms with van der Waals surface area (Å²) in [5, 5.41) is 3.24. The van der Waals surface area contributed by atoms with E-state index in [1.54, 1.807) is 12.1 Å². The van der Waals surface area contributed by atoms with Gasteiger partial charge in [-0.1, -0.05) is 0 Å². The molecule has 0 aromatic heterocycles. The summed E-state index contributed by atoms with van der Waals surface area (Å²) in [5.74, 6) is 1.40. The summed E-state index contributed by atoms with van der Waals surface area (Å²) >= 11 is 0. The quantitative estimate of drug-likeness (QED) is 0.803. The maximum atomic E-state index is 13.2. The molecule has 138 valence electrons. The fraction of sp³-hybridized carbons (Fsp3) is 0.625. The first-order valence-electron chi connectivity index (χ1n) is 7.64. The molecule has 1 aromatic rings. The first-order chi connectivity index (χ1) is 11.1. The molecule has 1 aliphatic heterocycles. The zero-order valence-electron chi connectivity index (χ0n) is 14.2. The van der Waals surface area contributed by atoms with Gasteiger partial charge in [0.15, 0.2) is 11.5 Å². The second-order valence-corrected chi connectivity index (χ2v) is 5.35. The van der Waals surface area contributed by atoms with Gasteiger partial charge in [-0.25, -0.2) is 8.78 Å². The highest BCUT2D eigenvalue weighted by atomic mass is 35.5. The van der Waals surface area contributed by atoms with Crippen LogP contribution in [0.5, 0.6) is 17.2 Å². The first-order valence-corrected chi connectivity index (χ1v) is 7.64. The fourth-order valence-electron chi connectivity index (χ4n) is 3.02. The van der Waals surface area contributed by atoms with Crippen LogP contribution >= 0.6 is 12.4 Å². The van der Waals surface area contributed by atoms with Crippen molar-refractivity contribution in [1.29, 1.82) is 0 Å². The summed E-state index contributed by atoms with van der Waals surface area (Å²) < 4.78 is 42.4. The number of hydrogen-bond acceptors (Lipinski definition) is 5. The van der Waals surface area contributed by atoms with Crippen LogP contribution in [0.15, 0.2) is 12.1 Å². The molecule has 1 atom stereocenters. The van der Waals surface area contributed by atoms with Gasteiger partial charge in [0.1, 0.15) is 0 Å². The van der Waals surface area contributed by atoms with E-state index in [2.05, 4.69) is 10.2 Å². The monoisotopic (exact) mass is 366 g/mol. The van der Waals surface area contributed by atoms with Gasteiger partial charge in [-0.05, 0) is 12.1 Å². The molecule has 0 saturated carbocycles. The standard InChI is InChI=1S/C16H24F2N2O3.ClH/c1-21-13-5-4-11(15(22-2)16(13)23-3)12(10-14(17)18)20-8-6-19-7-9-20;/h4-5,12,14,19H,6-10H2,1-3H3;1H/t12-;/m0./s1. The third-order valence-corrected chi connectivity index (χ3v) is 4.09. The molecule has 0 unspecified atom stereocenters. The Balaban J connectivity index is 0.00000288. The number of nitrogens with one attached hydrogen (secondary N) is 1. The Labute approximate surface area is 147 Å². The van der Waals surface area contributed by atoms with E-state index in [0.29, 0.717) is 22.8 Å². The Kier molecular flexibility index (Phi) is 8.52. The summed E-state index contributed by atoms with van der Waals surface area (Å²) in [5.41, 5.74) is 0.701. The normalized spacial score (nSPS) is 16.4. The summed E-state index contributed by atoms with van der Waals surface area (Å²) in [4.78, 5) is 2.06. The smallest absolute Gasteiger partial charge is 0.240 e. The molecule has 5 nitrogen and oxygen atoms in total. The number of piperazine rings is 1. The van der Waals surface area contributed by atoms with Gasteiger partial charge < -0.3 is 19.5 Å². The molecule has 0 aliphatic carbocycles. The molecule has 1 N–H and O–H groups in total. The number of ether oxygens (including phenoxy) is 3. The zero-order valence-corrected chi connectivity index (χ0v) is 15.0. The van der Waals surface area contributed by atoms with E-state index < -0.39 is 12.5 Å².